The van der Waals surface area contributed by atoms with Gasteiger partial charge < -0.3 is 21.1 Å². The van der Waals surface area contributed by atoms with Crippen molar-refractivity contribution in [2.24, 2.45) is 11.8 Å². The third-order valence-corrected chi connectivity index (χ3v) is 12.4. The molecule has 0 aromatic heterocycles. The highest BCUT2D eigenvalue weighted by molar-refractivity contribution is 7.92. The molecular formula is C38H56N4O6S. The van der Waals surface area contributed by atoms with E-state index < -0.39 is 56.2 Å². The highest BCUT2D eigenvalue weighted by Gasteiger charge is 2.46. The Morgan fingerprint density at radius 3 is 2.20 bits per heavy atom. The summed E-state index contributed by atoms with van der Waals surface area (Å²) in [5.41, 5.74) is 1.59. The number of likely N-dealkylation sites (tertiary alicyclic amines) is 1. The van der Waals surface area contributed by atoms with Crippen molar-refractivity contribution in [2.75, 3.05) is 19.3 Å². The zero-order valence-corrected chi connectivity index (χ0v) is 31.0. The molecule has 0 spiro atoms. The summed E-state index contributed by atoms with van der Waals surface area (Å²) < 4.78 is 24.4. The average Bonchev–Trinajstić information content (AvgIpc) is 3.01. The predicted molar refractivity (Wildman–Crippen MR) is 193 cm³/mol. The Hall–Kier alpha value is -3.28. The summed E-state index contributed by atoms with van der Waals surface area (Å²) in [7, 11) is -3.85. The van der Waals surface area contributed by atoms with Gasteiger partial charge in [-0.25, -0.2) is 8.42 Å². The van der Waals surface area contributed by atoms with Crippen LogP contribution < -0.4 is 16.0 Å². The second kappa shape index (κ2) is 15.7. The second-order valence-electron chi connectivity index (χ2n) is 15.8. The fraction of sp³-hybridized carbons (Fsp3) is 0.605. The molecule has 0 radical (unpaired) electrons. The number of carbonyl (C=O) groups is 3. The molecule has 0 bridgehead atoms. The number of benzene rings is 2. The van der Waals surface area contributed by atoms with Crippen LogP contribution in [0.15, 0.2) is 54.6 Å². The van der Waals surface area contributed by atoms with Gasteiger partial charge in [0.2, 0.25) is 11.8 Å². The number of sulfone groups is 1. The summed E-state index contributed by atoms with van der Waals surface area (Å²) in [6.07, 6.45) is 5.39. The first-order valence-corrected chi connectivity index (χ1v) is 19.4. The highest BCUT2D eigenvalue weighted by atomic mass is 32.2. The molecule has 2 aliphatic rings. The fourth-order valence-electron chi connectivity index (χ4n) is 7.18. The summed E-state index contributed by atoms with van der Waals surface area (Å²) in [6.45, 7) is 11.3. The van der Waals surface area contributed by atoms with Crippen LogP contribution >= 0.6 is 0 Å². The molecule has 2 aromatic carbocycles. The van der Waals surface area contributed by atoms with Gasteiger partial charge in [-0.15, -0.1) is 0 Å². The molecule has 6 atom stereocenters. The van der Waals surface area contributed by atoms with Gasteiger partial charge in [0.05, 0.1) is 22.9 Å². The highest BCUT2D eigenvalue weighted by Crippen LogP contribution is 2.39. The molecule has 49 heavy (non-hydrogen) atoms. The maximum absolute atomic E-state index is 14.2. The summed E-state index contributed by atoms with van der Waals surface area (Å²) in [4.78, 5) is 43.3. The van der Waals surface area contributed by atoms with E-state index in [1.807, 2.05) is 64.1 Å². The van der Waals surface area contributed by atoms with Gasteiger partial charge in [-0.1, -0.05) is 67.3 Å². The largest absolute Gasteiger partial charge is 0.390 e. The van der Waals surface area contributed by atoms with Crippen molar-refractivity contribution >= 4 is 27.6 Å². The van der Waals surface area contributed by atoms with Crippen molar-refractivity contribution < 1.29 is 27.9 Å². The standard InChI is InChI=1S/C38H56N4O6S/c1-25-14-13-19-28(20-25)34(44)40-33(38(5,6)49(7,47)48)36(46)39-30(21-26-15-9-8-10-16-26)32(43)24-42-23-29-18-12-11-17-27(29)22-31(42)35(45)41-37(2,3)4/h8-10,13-16,19-20,27,29-33,43H,11-12,17-18,21-24H2,1-7H3,(H,39,46)(H,40,44)(H,41,45)/t27?,29?,30-,31-,32+,33+/m0/s1. The van der Waals surface area contributed by atoms with Crippen LogP contribution in [-0.2, 0) is 25.8 Å². The number of aliphatic hydroxyl groups is 1. The van der Waals surface area contributed by atoms with Crippen LogP contribution in [0.5, 0.6) is 0 Å². The van der Waals surface area contributed by atoms with Gasteiger partial charge in [0.25, 0.3) is 5.91 Å². The van der Waals surface area contributed by atoms with E-state index in [9.17, 15) is 27.9 Å². The lowest BCUT2D eigenvalue weighted by Crippen LogP contribution is -2.64. The number of nitrogens with one attached hydrogen (secondary N) is 3. The van der Waals surface area contributed by atoms with E-state index in [1.54, 1.807) is 18.2 Å². The van der Waals surface area contributed by atoms with Crippen LogP contribution in [0.25, 0.3) is 0 Å². The van der Waals surface area contributed by atoms with Crippen LogP contribution in [-0.4, -0.2) is 90.0 Å². The molecule has 4 N–H and O–H groups in total. The maximum Gasteiger partial charge on any atom is 0.251 e. The number of hydrogen-bond donors (Lipinski definition) is 4. The average molecular weight is 697 g/mol. The number of β-amino-alcohol motifs (C(OH)–C–C–N with tert-alkyl or cyclic N) is 1. The lowest BCUT2D eigenvalue weighted by atomic mass is 9.72. The summed E-state index contributed by atoms with van der Waals surface area (Å²) in [5, 5.41) is 20.7. The number of hydrogen-bond acceptors (Lipinski definition) is 7. The Kier molecular flexibility index (Phi) is 12.4. The van der Waals surface area contributed by atoms with E-state index in [-0.39, 0.29) is 18.9 Å². The van der Waals surface area contributed by atoms with E-state index in [2.05, 4.69) is 20.9 Å². The molecule has 1 aliphatic heterocycles. The summed E-state index contributed by atoms with van der Waals surface area (Å²) in [5.74, 6) is -0.485. The third kappa shape index (κ3) is 10.1. The zero-order chi connectivity index (χ0) is 36.1. The number of carbonyl (C=O) groups excluding carboxylic acids is 3. The van der Waals surface area contributed by atoms with Gasteiger partial charge in [-0.3, -0.25) is 19.3 Å². The normalized spacial score (nSPS) is 22.2. The Morgan fingerprint density at radius 2 is 1.59 bits per heavy atom. The monoisotopic (exact) mass is 696 g/mol. The summed E-state index contributed by atoms with van der Waals surface area (Å²) >= 11 is 0. The van der Waals surface area contributed by atoms with Crippen LogP contribution in [0.4, 0.5) is 0 Å². The lowest BCUT2D eigenvalue weighted by Gasteiger charge is -2.47. The molecule has 2 fully saturated rings. The van der Waals surface area contributed by atoms with Crippen LogP contribution in [0.2, 0.25) is 0 Å². The third-order valence-electron chi connectivity index (χ3n) is 10.3. The predicted octanol–water partition coefficient (Wildman–Crippen LogP) is 3.80. The Labute approximate surface area is 292 Å². The SMILES string of the molecule is Cc1cccc(C(=O)N[C@H](C(=O)N[C@@H](Cc2ccccc2)[C@H](O)CN2CC3CCCCC3C[C@H]2C(=O)NC(C)(C)C)C(C)(C)S(C)(=O)=O)c1. The van der Waals surface area contributed by atoms with Crippen molar-refractivity contribution in [3.8, 4) is 0 Å². The van der Waals surface area contributed by atoms with Gasteiger partial charge in [0.1, 0.15) is 6.04 Å². The van der Waals surface area contributed by atoms with Gasteiger partial charge in [0, 0.05) is 30.4 Å². The summed E-state index contributed by atoms with van der Waals surface area (Å²) in [6, 6.07) is 13.5. The molecule has 2 aromatic rings. The Morgan fingerprint density at radius 1 is 0.939 bits per heavy atom. The van der Waals surface area contributed by atoms with Gasteiger partial charge in [-0.05, 0) is 90.3 Å². The maximum atomic E-state index is 14.2. The molecule has 3 amide bonds. The second-order valence-corrected chi connectivity index (χ2v) is 18.4. The molecule has 4 rings (SSSR count). The number of nitrogens with zero attached hydrogens (tertiary/aromatic N) is 1. The van der Waals surface area contributed by atoms with Crippen molar-refractivity contribution in [3.63, 3.8) is 0 Å². The molecule has 2 unspecified atom stereocenters. The zero-order valence-electron chi connectivity index (χ0n) is 30.2. The molecule has 11 heteroatoms. The van der Waals surface area contributed by atoms with Crippen LogP contribution in [0.3, 0.4) is 0 Å². The number of piperidine rings is 1. The van der Waals surface area contributed by atoms with Crippen molar-refractivity contribution in [1.29, 1.82) is 0 Å². The van der Waals surface area contributed by atoms with Crippen molar-refractivity contribution in [3.05, 3.63) is 71.3 Å². The molecule has 1 saturated heterocycles. The number of aryl methyl sites for hydroxylation is 1. The molecule has 1 saturated carbocycles. The van der Waals surface area contributed by atoms with E-state index in [1.165, 1.54) is 13.8 Å². The topological polar surface area (TPSA) is 145 Å². The van der Waals surface area contributed by atoms with Crippen LogP contribution in [0.1, 0.15) is 88.2 Å². The molecule has 1 aliphatic carbocycles. The lowest BCUT2D eigenvalue weighted by molar-refractivity contribution is -0.133. The first-order valence-electron chi connectivity index (χ1n) is 17.5. The number of amides is 3. The smallest absolute Gasteiger partial charge is 0.251 e. The molecule has 10 nitrogen and oxygen atoms in total. The fourth-order valence-corrected chi connectivity index (χ4v) is 7.78. The van der Waals surface area contributed by atoms with E-state index >= 15 is 0 Å². The van der Waals surface area contributed by atoms with Gasteiger partial charge >= 0.3 is 0 Å². The number of fused-ring (bicyclic) bond motifs is 1. The van der Waals surface area contributed by atoms with Crippen molar-refractivity contribution in [1.82, 2.24) is 20.9 Å². The minimum absolute atomic E-state index is 0.0683. The quantitative estimate of drug-likeness (QED) is 0.264. The minimum atomic E-state index is -3.85. The molecule has 1 heterocycles. The van der Waals surface area contributed by atoms with Gasteiger partial charge in [0.15, 0.2) is 9.84 Å². The first kappa shape index (κ1) is 38.5. The number of rotatable bonds is 12. The Bertz CT molecular complexity index is 1570. The van der Waals surface area contributed by atoms with Crippen LogP contribution in [0, 0.1) is 18.8 Å². The van der Waals surface area contributed by atoms with Crippen molar-refractivity contribution in [2.45, 2.75) is 115 Å². The van der Waals surface area contributed by atoms with E-state index in [0.29, 0.717) is 30.4 Å². The molecule has 270 valence electrons. The molecular weight excluding hydrogens is 641 g/mol. The number of aliphatic hydroxyl groups excluding tert-OH is 1. The minimum Gasteiger partial charge on any atom is -0.390 e. The first-order chi connectivity index (χ1) is 22.9. The Balaban J connectivity index is 1.63. The van der Waals surface area contributed by atoms with E-state index in [4.69, 9.17) is 0 Å². The van der Waals surface area contributed by atoms with E-state index in [0.717, 1.165) is 43.1 Å². The van der Waals surface area contributed by atoms with Gasteiger partial charge in [-0.2, -0.15) is 0 Å².